The highest BCUT2D eigenvalue weighted by atomic mass is 19.4. The fourth-order valence-corrected chi connectivity index (χ4v) is 1.51. The van der Waals surface area contributed by atoms with Crippen molar-refractivity contribution in [2.75, 3.05) is 20.2 Å². The van der Waals surface area contributed by atoms with Crippen LogP contribution in [0, 0.1) is 0 Å². The third-order valence-electron chi connectivity index (χ3n) is 2.54. The van der Waals surface area contributed by atoms with Crippen molar-refractivity contribution in [1.29, 1.82) is 0 Å². The van der Waals surface area contributed by atoms with Gasteiger partial charge in [-0.15, -0.1) is 0 Å². The number of rotatable bonds is 2. The lowest BCUT2D eigenvalue weighted by Crippen LogP contribution is -2.43. The number of aromatic nitrogens is 2. The van der Waals surface area contributed by atoms with E-state index < -0.39 is 23.4 Å². The molecule has 2 heterocycles. The summed E-state index contributed by atoms with van der Waals surface area (Å²) in [6.07, 6.45) is -3.58. The molecule has 1 aromatic rings. The van der Waals surface area contributed by atoms with Crippen LogP contribution in [0.4, 0.5) is 13.2 Å². The summed E-state index contributed by atoms with van der Waals surface area (Å²) < 4.78 is 43.4. The first kappa shape index (κ1) is 11.9. The Hall–Kier alpha value is -1.57. The van der Waals surface area contributed by atoms with Crippen LogP contribution in [0.15, 0.2) is 6.20 Å². The molecule has 8 heteroatoms. The highest BCUT2D eigenvalue weighted by Crippen LogP contribution is 2.32. The highest BCUT2D eigenvalue weighted by molar-refractivity contribution is 5.90. The fourth-order valence-electron chi connectivity index (χ4n) is 1.51. The van der Waals surface area contributed by atoms with E-state index in [4.69, 9.17) is 0 Å². The number of nitrogens with zero attached hydrogens (tertiary/aromatic N) is 2. The number of hydrogen-bond donors (Lipinski definition) is 1. The molecule has 2 rings (SSSR count). The number of carbonyl (C=O) groups excluding carboxylic acids is 1. The van der Waals surface area contributed by atoms with Crippen molar-refractivity contribution < 1.29 is 22.7 Å². The lowest BCUT2D eigenvalue weighted by atomic mass is 10.2. The van der Waals surface area contributed by atoms with Gasteiger partial charge in [0, 0.05) is 19.3 Å². The molecule has 1 aliphatic heterocycles. The largest absolute Gasteiger partial charge is 0.465 e. The minimum Gasteiger partial charge on any atom is -0.465 e. The maximum atomic E-state index is 12.6. The van der Waals surface area contributed by atoms with Gasteiger partial charge < -0.3 is 10.1 Å². The standard InChI is InChI=1S/C9H10F3N3O2/c1-17-8(16)6-4-15(5-2-13-3-5)14-7(6)9(10,11)12/h4-5,13H,2-3H2,1H3. The predicted octanol–water partition coefficient (Wildman–Crippen LogP) is 0.833. The van der Waals surface area contributed by atoms with Crippen molar-refractivity contribution in [3.8, 4) is 0 Å². The van der Waals surface area contributed by atoms with E-state index in [0.717, 1.165) is 18.0 Å². The topological polar surface area (TPSA) is 56.1 Å². The number of nitrogens with one attached hydrogen (secondary N) is 1. The Morgan fingerprint density at radius 3 is 2.65 bits per heavy atom. The van der Waals surface area contributed by atoms with E-state index in [1.165, 1.54) is 0 Å². The average molecular weight is 249 g/mol. The van der Waals surface area contributed by atoms with Crippen LogP contribution in [0.25, 0.3) is 0 Å². The second kappa shape index (κ2) is 4.02. The number of halogens is 3. The van der Waals surface area contributed by atoms with Gasteiger partial charge in [0.15, 0.2) is 5.69 Å². The molecule has 0 aliphatic carbocycles. The Balaban J connectivity index is 2.40. The quantitative estimate of drug-likeness (QED) is 0.789. The molecule has 5 nitrogen and oxygen atoms in total. The minimum absolute atomic E-state index is 0.144. The summed E-state index contributed by atoms with van der Waals surface area (Å²) in [4.78, 5) is 11.2. The van der Waals surface area contributed by atoms with Gasteiger partial charge in [0.05, 0.1) is 13.2 Å². The molecule has 0 unspecified atom stereocenters. The number of ether oxygens (including phenoxy) is 1. The molecule has 0 bridgehead atoms. The summed E-state index contributed by atoms with van der Waals surface area (Å²) in [6, 6.07) is -0.144. The van der Waals surface area contributed by atoms with E-state index in [0.29, 0.717) is 13.1 Å². The molecule has 1 fully saturated rings. The summed E-state index contributed by atoms with van der Waals surface area (Å²) in [7, 11) is 1.03. The molecule has 0 spiro atoms. The Morgan fingerprint density at radius 2 is 2.24 bits per heavy atom. The third kappa shape index (κ3) is 2.12. The lowest BCUT2D eigenvalue weighted by molar-refractivity contribution is -0.142. The first-order chi connectivity index (χ1) is 7.93. The molecule has 0 atom stereocenters. The number of carbonyl (C=O) groups is 1. The summed E-state index contributed by atoms with van der Waals surface area (Å²) in [6.45, 7) is 1.08. The molecular formula is C9H10F3N3O2. The molecular weight excluding hydrogens is 239 g/mol. The summed E-state index contributed by atoms with van der Waals surface area (Å²) in [5.74, 6) is -1.03. The van der Waals surface area contributed by atoms with Crippen LogP contribution in [0.3, 0.4) is 0 Å². The molecule has 1 aromatic heterocycles. The van der Waals surface area contributed by atoms with Crippen molar-refractivity contribution in [2.45, 2.75) is 12.2 Å². The Kier molecular flexibility index (Phi) is 2.82. The van der Waals surface area contributed by atoms with E-state index >= 15 is 0 Å². The highest BCUT2D eigenvalue weighted by Gasteiger charge is 2.40. The fraction of sp³-hybridized carbons (Fsp3) is 0.556. The van der Waals surface area contributed by atoms with Gasteiger partial charge in [0.2, 0.25) is 0 Å². The molecule has 94 valence electrons. The first-order valence-electron chi connectivity index (χ1n) is 4.89. The number of esters is 1. The van der Waals surface area contributed by atoms with Crippen LogP contribution in [0.2, 0.25) is 0 Å². The van der Waals surface area contributed by atoms with E-state index in [1.807, 2.05) is 0 Å². The third-order valence-corrected chi connectivity index (χ3v) is 2.54. The van der Waals surface area contributed by atoms with Crippen molar-refractivity contribution in [3.05, 3.63) is 17.5 Å². The van der Waals surface area contributed by atoms with Gasteiger partial charge in [-0.25, -0.2) is 4.79 Å². The van der Waals surface area contributed by atoms with Gasteiger partial charge in [0.25, 0.3) is 0 Å². The van der Waals surface area contributed by atoms with Crippen LogP contribution in [0.5, 0.6) is 0 Å². The SMILES string of the molecule is COC(=O)c1cn(C2CNC2)nc1C(F)(F)F. The number of hydrogen-bond acceptors (Lipinski definition) is 4. The van der Waals surface area contributed by atoms with Gasteiger partial charge in [0.1, 0.15) is 5.56 Å². The summed E-state index contributed by atoms with van der Waals surface area (Å²) >= 11 is 0. The summed E-state index contributed by atoms with van der Waals surface area (Å²) in [5.41, 5.74) is -1.75. The number of methoxy groups -OCH3 is 1. The van der Waals surface area contributed by atoms with Crippen LogP contribution >= 0.6 is 0 Å². The Morgan fingerprint density at radius 1 is 1.59 bits per heavy atom. The van der Waals surface area contributed by atoms with Crippen LogP contribution in [-0.4, -0.2) is 35.9 Å². The average Bonchev–Trinajstić information content (AvgIpc) is 2.58. The van der Waals surface area contributed by atoms with Crippen molar-refractivity contribution in [1.82, 2.24) is 15.1 Å². The van der Waals surface area contributed by atoms with Crippen LogP contribution < -0.4 is 5.32 Å². The molecule has 0 saturated carbocycles. The zero-order valence-corrected chi connectivity index (χ0v) is 8.91. The van der Waals surface area contributed by atoms with E-state index in [-0.39, 0.29) is 6.04 Å². The minimum atomic E-state index is -4.66. The van der Waals surface area contributed by atoms with Crippen molar-refractivity contribution in [2.24, 2.45) is 0 Å². The Bertz CT molecular complexity index is 437. The van der Waals surface area contributed by atoms with Gasteiger partial charge in [-0.3, -0.25) is 4.68 Å². The van der Waals surface area contributed by atoms with Gasteiger partial charge in [-0.05, 0) is 0 Å². The maximum Gasteiger partial charge on any atom is 0.436 e. The molecule has 0 radical (unpaired) electrons. The van der Waals surface area contributed by atoms with Crippen molar-refractivity contribution in [3.63, 3.8) is 0 Å². The molecule has 1 saturated heterocycles. The molecule has 1 N–H and O–H groups in total. The monoisotopic (exact) mass is 249 g/mol. The van der Waals surface area contributed by atoms with Crippen LogP contribution in [-0.2, 0) is 10.9 Å². The number of alkyl halides is 3. The van der Waals surface area contributed by atoms with Gasteiger partial charge in [-0.1, -0.05) is 0 Å². The van der Waals surface area contributed by atoms with Crippen molar-refractivity contribution >= 4 is 5.97 Å². The van der Waals surface area contributed by atoms with Gasteiger partial charge in [-0.2, -0.15) is 18.3 Å². The smallest absolute Gasteiger partial charge is 0.436 e. The predicted molar refractivity (Wildman–Crippen MR) is 50.5 cm³/mol. The van der Waals surface area contributed by atoms with Gasteiger partial charge >= 0.3 is 12.1 Å². The van der Waals surface area contributed by atoms with Crippen LogP contribution in [0.1, 0.15) is 22.1 Å². The summed E-state index contributed by atoms with van der Waals surface area (Å²) in [5, 5.41) is 6.34. The lowest BCUT2D eigenvalue weighted by Gasteiger charge is -2.27. The molecule has 17 heavy (non-hydrogen) atoms. The second-order valence-corrected chi connectivity index (χ2v) is 3.67. The Labute approximate surface area is 94.5 Å². The molecule has 0 amide bonds. The normalized spacial score (nSPS) is 16.7. The first-order valence-corrected chi connectivity index (χ1v) is 4.89. The molecule has 0 aromatic carbocycles. The molecule has 1 aliphatic rings. The van der Waals surface area contributed by atoms with E-state index in [9.17, 15) is 18.0 Å². The van der Waals surface area contributed by atoms with E-state index in [1.54, 1.807) is 0 Å². The zero-order valence-electron chi connectivity index (χ0n) is 8.91. The van der Waals surface area contributed by atoms with E-state index in [2.05, 4.69) is 15.2 Å². The zero-order chi connectivity index (χ0) is 12.6. The second-order valence-electron chi connectivity index (χ2n) is 3.67. The maximum absolute atomic E-state index is 12.6.